The molecule has 0 fully saturated rings. The Morgan fingerprint density at radius 3 is 2.32 bits per heavy atom. The van der Waals surface area contributed by atoms with Crippen molar-refractivity contribution in [3.8, 4) is 5.75 Å². The molecule has 0 saturated heterocycles. The lowest BCUT2D eigenvalue weighted by Crippen LogP contribution is -1.94. The van der Waals surface area contributed by atoms with E-state index in [2.05, 4.69) is 4.98 Å². The van der Waals surface area contributed by atoms with E-state index in [0.717, 1.165) is 5.56 Å². The highest BCUT2D eigenvalue weighted by molar-refractivity contribution is 5.57. The lowest BCUT2D eigenvalue weighted by molar-refractivity contribution is 0.417. The number of benzene rings is 2. The molecule has 2 N–H and O–H groups in total. The molecule has 0 saturated carbocycles. The highest BCUT2D eigenvalue weighted by Crippen LogP contribution is 2.27. The summed E-state index contributed by atoms with van der Waals surface area (Å²) in [5, 5.41) is 8.49. The van der Waals surface area contributed by atoms with E-state index >= 15 is 0 Å². The molecule has 19 heavy (non-hydrogen) atoms. The Hall–Kier alpha value is -2.38. The number of hydrogen-bond acceptors (Lipinski definition) is 3. The van der Waals surface area contributed by atoms with Crippen LogP contribution in [0.4, 0.5) is 5.69 Å². The second-order valence-electron chi connectivity index (χ2n) is 3.97. The summed E-state index contributed by atoms with van der Waals surface area (Å²) < 4.78 is 4.96. The van der Waals surface area contributed by atoms with Gasteiger partial charge in [0, 0.05) is 12.6 Å². The Morgan fingerprint density at radius 2 is 1.84 bits per heavy atom. The molecule has 0 heterocycles. The van der Waals surface area contributed by atoms with Gasteiger partial charge in [0.2, 0.25) is 11.1 Å². The van der Waals surface area contributed by atoms with Crippen LogP contribution in [0.1, 0.15) is 11.1 Å². The van der Waals surface area contributed by atoms with Gasteiger partial charge in [0.15, 0.2) is 4.98 Å². The van der Waals surface area contributed by atoms with E-state index in [4.69, 9.17) is 15.9 Å². The van der Waals surface area contributed by atoms with Gasteiger partial charge in [-0.1, -0.05) is 36.4 Å². The standard InChI is InChI=1S/C8H9N2O.C7H9N/c1-6-3-4-7(10-9)8(5-6)11-2;8-6-7-4-2-1-3-5-7/h3-5H,1-2H3;1-5H,6,8H2/q+1;. The number of nitrogens with two attached hydrogens (primary N) is 1. The Labute approximate surface area is 113 Å². The molecule has 2 rings (SSSR count). The number of methoxy groups -OCH3 is 1. The lowest BCUT2D eigenvalue weighted by Gasteiger charge is -1.95. The normalized spacial score (nSPS) is 8.95. The molecule has 0 radical (unpaired) electrons. The topological polar surface area (TPSA) is 63.4 Å². The third-order valence-corrected chi connectivity index (χ3v) is 2.52. The molecule has 0 bridgehead atoms. The predicted octanol–water partition coefficient (Wildman–Crippen LogP) is 3.63. The van der Waals surface area contributed by atoms with Gasteiger partial charge in [0.1, 0.15) is 0 Å². The van der Waals surface area contributed by atoms with Crippen LogP contribution in [0.15, 0.2) is 48.5 Å². The first-order valence-corrected chi connectivity index (χ1v) is 5.95. The van der Waals surface area contributed by atoms with E-state index < -0.39 is 0 Å². The third-order valence-electron chi connectivity index (χ3n) is 2.52. The Kier molecular flexibility index (Phi) is 6.07. The summed E-state index contributed by atoms with van der Waals surface area (Å²) in [6.07, 6.45) is 0. The van der Waals surface area contributed by atoms with Crippen LogP contribution in [-0.4, -0.2) is 7.11 Å². The Morgan fingerprint density at radius 1 is 1.16 bits per heavy atom. The molecular formula is C15H18N3O+. The van der Waals surface area contributed by atoms with Gasteiger partial charge in [-0.05, 0) is 24.1 Å². The summed E-state index contributed by atoms with van der Waals surface area (Å²) in [6, 6.07) is 15.4. The van der Waals surface area contributed by atoms with Gasteiger partial charge in [-0.25, -0.2) is 0 Å². The van der Waals surface area contributed by atoms with E-state index in [-0.39, 0.29) is 0 Å². The first-order chi connectivity index (χ1) is 9.21. The molecule has 0 aliphatic rings. The minimum absolute atomic E-state index is 0.457. The molecule has 98 valence electrons. The largest absolute Gasteiger partial charge is 0.489 e. The van der Waals surface area contributed by atoms with E-state index in [1.165, 1.54) is 5.56 Å². The average molecular weight is 256 g/mol. The smallest absolute Gasteiger partial charge is 0.426 e. The van der Waals surface area contributed by atoms with Crippen molar-refractivity contribution in [2.75, 3.05) is 7.11 Å². The molecule has 2 aromatic rings. The summed E-state index contributed by atoms with van der Waals surface area (Å²) >= 11 is 0. The van der Waals surface area contributed by atoms with Crippen LogP contribution in [-0.2, 0) is 6.54 Å². The number of hydrogen-bond donors (Lipinski definition) is 1. The molecule has 0 amide bonds. The van der Waals surface area contributed by atoms with Crippen molar-refractivity contribution in [2.24, 2.45) is 5.73 Å². The molecule has 4 heteroatoms. The Balaban J connectivity index is 0.000000200. The molecule has 0 unspecified atom stereocenters. The molecule has 0 atom stereocenters. The minimum Gasteiger partial charge on any atom is -0.489 e. The summed E-state index contributed by atoms with van der Waals surface area (Å²) in [5.41, 5.74) is 8.07. The van der Waals surface area contributed by atoms with Crippen molar-refractivity contribution in [3.63, 3.8) is 0 Å². The van der Waals surface area contributed by atoms with Crippen LogP contribution < -0.4 is 10.5 Å². The quantitative estimate of drug-likeness (QED) is 0.834. The van der Waals surface area contributed by atoms with E-state index in [9.17, 15) is 0 Å². The van der Waals surface area contributed by atoms with Gasteiger partial charge >= 0.3 is 5.69 Å². The maximum absolute atomic E-state index is 8.49. The SMILES string of the molecule is COc1cc(C)ccc1[N+]#N.NCc1ccccc1. The highest BCUT2D eigenvalue weighted by Gasteiger charge is 2.12. The van der Waals surface area contributed by atoms with E-state index in [0.29, 0.717) is 18.0 Å². The summed E-state index contributed by atoms with van der Waals surface area (Å²) in [7, 11) is 1.55. The van der Waals surface area contributed by atoms with E-state index in [1.54, 1.807) is 13.2 Å². The van der Waals surface area contributed by atoms with Crippen LogP contribution in [0.5, 0.6) is 5.75 Å². The number of nitrogens with zero attached hydrogens (tertiary/aromatic N) is 2. The maximum atomic E-state index is 8.49. The maximum Gasteiger partial charge on any atom is 0.426 e. The van der Waals surface area contributed by atoms with Crippen molar-refractivity contribution in [1.82, 2.24) is 0 Å². The van der Waals surface area contributed by atoms with Gasteiger partial charge < -0.3 is 10.5 Å². The molecule has 0 aromatic heterocycles. The van der Waals surface area contributed by atoms with Gasteiger partial charge in [-0.3, -0.25) is 0 Å². The third kappa shape index (κ3) is 4.78. The van der Waals surface area contributed by atoms with Crippen molar-refractivity contribution >= 4 is 5.69 Å². The molecule has 4 nitrogen and oxygen atoms in total. The summed E-state index contributed by atoms with van der Waals surface area (Å²) in [5.74, 6) is 0.590. The first-order valence-electron chi connectivity index (χ1n) is 5.95. The number of aryl methyl sites for hydroxylation is 1. The molecule has 0 spiro atoms. The lowest BCUT2D eigenvalue weighted by atomic mass is 10.2. The number of rotatable bonds is 2. The summed E-state index contributed by atoms with van der Waals surface area (Å²) in [6.45, 7) is 2.59. The fraction of sp³-hybridized carbons (Fsp3) is 0.200. The fourth-order valence-corrected chi connectivity index (χ4v) is 1.48. The molecular weight excluding hydrogens is 238 g/mol. The summed E-state index contributed by atoms with van der Waals surface area (Å²) in [4.78, 5) is 3.06. The second kappa shape index (κ2) is 7.85. The van der Waals surface area contributed by atoms with Crippen LogP contribution in [0, 0.1) is 12.3 Å². The molecule has 2 aromatic carbocycles. The highest BCUT2D eigenvalue weighted by atomic mass is 16.5. The van der Waals surface area contributed by atoms with Crippen molar-refractivity contribution in [3.05, 3.63) is 64.6 Å². The minimum atomic E-state index is 0.457. The fourth-order valence-electron chi connectivity index (χ4n) is 1.48. The number of diazo groups is 1. The monoisotopic (exact) mass is 256 g/mol. The molecule has 0 aliphatic carbocycles. The van der Waals surface area contributed by atoms with E-state index in [1.807, 2.05) is 49.4 Å². The zero-order chi connectivity index (χ0) is 14.1. The average Bonchev–Trinajstić information content (AvgIpc) is 2.48. The predicted molar refractivity (Wildman–Crippen MR) is 76.8 cm³/mol. The van der Waals surface area contributed by atoms with Crippen LogP contribution in [0.25, 0.3) is 4.98 Å². The van der Waals surface area contributed by atoms with Crippen molar-refractivity contribution < 1.29 is 4.74 Å². The first kappa shape index (κ1) is 14.7. The van der Waals surface area contributed by atoms with Crippen LogP contribution >= 0.6 is 0 Å². The van der Waals surface area contributed by atoms with Gasteiger partial charge in [-0.15, -0.1) is 0 Å². The van der Waals surface area contributed by atoms with Gasteiger partial charge in [0.05, 0.1) is 7.11 Å². The Bertz CT molecular complexity index is 547. The van der Waals surface area contributed by atoms with Crippen molar-refractivity contribution in [2.45, 2.75) is 13.5 Å². The van der Waals surface area contributed by atoms with Crippen LogP contribution in [0.2, 0.25) is 0 Å². The zero-order valence-electron chi connectivity index (χ0n) is 11.2. The molecule has 0 aliphatic heterocycles. The second-order valence-corrected chi connectivity index (χ2v) is 3.97. The zero-order valence-corrected chi connectivity index (χ0v) is 11.2. The van der Waals surface area contributed by atoms with Gasteiger partial charge in [-0.2, -0.15) is 0 Å². The van der Waals surface area contributed by atoms with Gasteiger partial charge in [0.25, 0.3) is 0 Å². The number of ether oxygens (including phenoxy) is 1. The van der Waals surface area contributed by atoms with Crippen molar-refractivity contribution in [1.29, 1.82) is 5.39 Å². The van der Waals surface area contributed by atoms with Crippen LogP contribution in [0.3, 0.4) is 0 Å².